The van der Waals surface area contributed by atoms with Crippen molar-refractivity contribution >= 4 is 0 Å². The molecule has 2 N–H and O–H groups in total. The van der Waals surface area contributed by atoms with E-state index < -0.39 is 0 Å². The molecular formula is C9H21NO. The van der Waals surface area contributed by atoms with Crippen molar-refractivity contribution in [3.8, 4) is 0 Å². The van der Waals surface area contributed by atoms with Gasteiger partial charge in [0.25, 0.3) is 0 Å². The zero-order chi connectivity index (χ0) is 8.69. The second-order valence-electron chi connectivity index (χ2n) is 3.39. The fourth-order valence-electron chi connectivity index (χ4n) is 0.975. The van der Waals surface area contributed by atoms with Gasteiger partial charge in [-0.3, -0.25) is 0 Å². The lowest BCUT2D eigenvalue weighted by atomic mass is 9.97. The molecule has 0 radical (unpaired) electrons. The summed E-state index contributed by atoms with van der Waals surface area (Å²) >= 11 is 0. The molecule has 0 amide bonds. The lowest BCUT2D eigenvalue weighted by Gasteiger charge is -2.18. The summed E-state index contributed by atoms with van der Waals surface area (Å²) < 4.78 is 0. The van der Waals surface area contributed by atoms with E-state index in [0.29, 0.717) is 18.4 Å². The Morgan fingerprint density at radius 2 is 2.00 bits per heavy atom. The second-order valence-corrected chi connectivity index (χ2v) is 3.39. The molecular weight excluding hydrogens is 138 g/mol. The minimum absolute atomic E-state index is 0.300. The van der Waals surface area contributed by atoms with Crippen LogP contribution in [-0.2, 0) is 0 Å². The molecule has 0 heterocycles. The molecule has 0 aromatic carbocycles. The summed E-state index contributed by atoms with van der Waals surface area (Å²) in [6.07, 6.45) is 1.16. The molecule has 0 aliphatic carbocycles. The zero-order valence-corrected chi connectivity index (χ0v) is 7.93. The minimum Gasteiger partial charge on any atom is -0.396 e. The van der Waals surface area contributed by atoms with Crippen molar-refractivity contribution in [3.63, 3.8) is 0 Å². The maximum Gasteiger partial charge on any atom is 0.0473 e. The van der Waals surface area contributed by atoms with E-state index in [0.717, 1.165) is 19.5 Å². The van der Waals surface area contributed by atoms with E-state index >= 15 is 0 Å². The van der Waals surface area contributed by atoms with Gasteiger partial charge in [-0.2, -0.15) is 0 Å². The van der Waals surface area contributed by atoms with Gasteiger partial charge in [0.05, 0.1) is 0 Å². The summed E-state index contributed by atoms with van der Waals surface area (Å²) in [5.41, 5.74) is 0. The van der Waals surface area contributed by atoms with Crippen LogP contribution in [0.5, 0.6) is 0 Å². The average molecular weight is 159 g/mol. The highest BCUT2D eigenvalue weighted by Gasteiger charge is 2.10. The van der Waals surface area contributed by atoms with Gasteiger partial charge in [0.1, 0.15) is 0 Å². The summed E-state index contributed by atoms with van der Waals surface area (Å²) in [5, 5.41) is 12.3. The molecule has 0 aromatic rings. The van der Waals surface area contributed by atoms with Crippen LogP contribution in [0.2, 0.25) is 0 Å². The third-order valence-electron chi connectivity index (χ3n) is 2.01. The van der Waals surface area contributed by atoms with Crippen molar-refractivity contribution in [2.45, 2.75) is 27.2 Å². The normalized spacial score (nSPS) is 13.9. The molecule has 2 nitrogen and oxygen atoms in total. The Bertz CT molecular complexity index is 83.6. The Morgan fingerprint density at radius 3 is 2.36 bits per heavy atom. The highest BCUT2D eigenvalue weighted by atomic mass is 16.3. The van der Waals surface area contributed by atoms with Crippen LogP contribution >= 0.6 is 0 Å². The molecule has 0 spiro atoms. The van der Waals surface area contributed by atoms with E-state index in [9.17, 15) is 0 Å². The van der Waals surface area contributed by atoms with Crippen LogP contribution in [0.4, 0.5) is 0 Å². The summed E-state index contributed by atoms with van der Waals surface area (Å²) in [5.74, 6) is 0.992. The lowest BCUT2D eigenvalue weighted by Crippen LogP contribution is -2.29. The van der Waals surface area contributed by atoms with Gasteiger partial charge >= 0.3 is 0 Å². The van der Waals surface area contributed by atoms with Crippen LogP contribution in [-0.4, -0.2) is 24.8 Å². The van der Waals surface area contributed by atoms with Crippen molar-refractivity contribution < 1.29 is 5.11 Å². The highest BCUT2D eigenvalue weighted by molar-refractivity contribution is 4.64. The predicted octanol–water partition coefficient (Wildman–Crippen LogP) is 1.25. The standard InChI is InChI=1S/C9H21NO/c1-4-5-10-6-9(7-11)8(2)3/h8-11H,4-7H2,1-3H3. The maximum absolute atomic E-state index is 8.96. The summed E-state index contributed by atoms with van der Waals surface area (Å²) in [7, 11) is 0. The Hall–Kier alpha value is -0.0800. The summed E-state index contributed by atoms with van der Waals surface area (Å²) in [6, 6.07) is 0. The van der Waals surface area contributed by atoms with E-state index in [1.54, 1.807) is 0 Å². The fourth-order valence-corrected chi connectivity index (χ4v) is 0.975. The molecule has 0 bridgehead atoms. The first-order valence-corrected chi connectivity index (χ1v) is 4.53. The van der Waals surface area contributed by atoms with Gasteiger partial charge in [0, 0.05) is 13.2 Å². The maximum atomic E-state index is 8.96. The Labute approximate surface area is 70.0 Å². The fraction of sp³-hybridized carbons (Fsp3) is 1.00. The largest absolute Gasteiger partial charge is 0.396 e. The number of rotatable bonds is 6. The molecule has 0 saturated carbocycles. The summed E-state index contributed by atoms with van der Waals surface area (Å²) in [6.45, 7) is 8.75. The van der Waals surface area contributed by atoms with Crippen molar-refractivity contribution in [3.05, 3.63) is 0 Å². The number of nitrogens with one attached hydrogen (secondary N) is 1. The van der Waals surface area contributed by atoms with Crippen molar-refractivity contribution in [1.29, 1.82) is 0 Å². The Morgan fingerprint density at radius 1 is 1.36 bits per heavy atom. The van der Waals surface area contributed by atoms with Gasteiger partial charge in [0.2, 0.25) is 0 Å². The summed E-state index contributed by atoms with van der Waals surface area (Å²) in [4.78, 5) is 0. The van der Waals surface area contributed by atoms with Gasteiger partial charge in [-0.1, -0.05) is 20.8 Å². The van der Waals surface area contributed by atoms with Crippen LogP contribution in [0, 0.1) is 11.8 Å². The van der Waals surface area contributed by atoms with Gasteiger partial charge in [-0.15, -0.1) is 0 Å². The first-order chi connectivity index (χ1) is 5.22. The molecule has 0 aliphatic heterocycles. The molecule has 0 saturated heterocycles. The minimum atomic E-state index is 0.300. The van der Waals surface area contributed by atoms with Gasteiger partial charge in [-0.25, -0.2) is 0 Å². The number of aliphatic hydroxyl groups excluding tert-OH is 1. The Kier molecular flexibility index (Phi) is 6.57. The smallest absolute Gasteiger partial charge is 0.0473 e. The van der Waals surface area contributed by atoms with Crippen LogP contribution in [0.1, 0.15) is 27.2 Å². The molecule has 11 heavy (non-hydrogen) atoms. The second kappa shape index (κ2) is 6.62. The molecule has 0 fully saturated rings. The van der Waals surface area contributed by atoms with E-state index in [1.165, 1.54) is 0 Å². The van der Waals surface area contributed by atoms with Crippen LogP contribution in [0.25, 0.3) is 0 Å². The van der Waals surface area contributed by atoms with Crippen molar-refractivity contribution in [2.75, 3.05) is 19.7 Å². The number of hydrogen-bond acceptors (Lipinski definition) is 2. The van der Waals surface area contributed by atoms with E-state index in [-0.39, 0.29) is 0 Å². The van der Waals surface area contributed by atoms with Crippen LogP contribution in [0.15, 0.2) is 0 Å². The van der Waals surface area contributed by atoms with Crippen LogP contribution in [0.3, 0.4) is 0 Å². The van der Waals surface area contributed by atoms with Gasteiger partial charge in [-0.05, 0) is 24.8 Å². The van der Waals surface area contributed by atoms with Gasteiger partial charge < -0.3 is 10.4 Å². The topological polar surface area (TPSA) is 32.3 Å². The number of aliphatic hydroxyl groups is 1. The van der Waals surface area contributed by atoms with Crippen LogP contribution < -0.4 is 5.32 Å². The van der Waals surface area contributed by atoms with Crippen molar-refractivity contribution in [1.82, 2.24) is 5.32 Å². The molecule has 0 aromatic heterocycles. The van der Waals surface area contributed by atoms with E-state index in [4.69, 9.17) is 5.11 Å². The Balaban J connectivity index is 3.36. The molecule has 2 heteroatoms. The SMILES string of the molecule is CCCNCC(CO)C(C)C. The van der Waals surface area contributed by atoms with E-state index in [1.807, 2.05) is 0 Å². The number of hydrogen-bond donors (Lipinski definition) is 2. The average Bonchev–Trinajstić information content (AvgIpc) is 1.97. The molecule has 0 aliphatic rings. The molecule has 0 rings (SSSR count). The van der Waals surface area contributed by atoms with Gasteiger partial charge in [0.15, 0.2) is 0 Å². The van der Waals surface area contributed by atoms with Crippen molar-refractivity contribution in [2.24, 2.45) is 11.8 Å². The molecule has 68 valence electrons. The predicted molar refractivity (Wildman–Crippen MR) is 48.6 cm³/mol. The first kappa shape index (κ1) is 10.9. The quantitative estimate of drug-likeness (QED) is 0.572. The first-order valence-electron chi connectivity index (χ1n) is 4.53. The molecule has 1 atom stereocenters. The highest BCUT2D eigenvalue weighted by Crippen LogP contribution is 2.07. The third-order valence-corrected chi connectivity index (χ3v) is 2.01. The monoisotopic (exact) mass is 159 g/mol. The molecule has 1 unspecified atom stereocenters. The third kappa shape index (κ3) is 5.22. The van der Waals surface area contributed by atoms with E-state index in [2.05, 4.69) is 26.1 Å². The zero-order valence-electron chi connectivity index (χ0n) is 7.93. The lowest BCUT2D eigenvalue weighted by molar-refractivity contribution is 0.186.